The number of thiocarbonyl (C=S) groups is 1. The molecule has 19 heavy (non-hydrogen) atoms. The highest BCUT2D eigenvalue weighted by Crippen LogP contribution is 2.29. The summed E-state index contributed by atoms with van der Waals surface area (Å²) in [6, 6.07) is 10.1. The van der Waals surface area contributed by atoms with Gasteiger partial charge in [-0.15, -0.1) is 0 Å². The van der Waals surface area contributed by atoms with Crippen molar-refractivity contribution in [1.29, 1.82) is 0 Å². The first-order valence-electron chi connectivity index (χ1n) is 7.34. The van der Waals surface area contributed by atoms with E-state index in [1.54, 1.807) is 0 Å². The van der Waals surface area contributed by atoms with E-state index in [1.165, 1.54) is 32.1 Å². The molecule has 0 aliphatic heterocycles. The number of rotatable bonds is 4. The fourth-order valence-corrected chi connectivity index (χ4v) is 2.92. The Balaban J connectivity index is 1.62. The van der Waals surface area contributed by atoms with Crippen LogP contribution in [0.15, 0.2) is 30.3 Å². The molecule has 2 nitrogen and oxygen atoms in total. The fourth-order valence-electron chi connectivity index (χ4n) is 2.70. The summed E-state index contributed by atoms with van der Waals surface area (Å²) < 4.78 is 0. The average molecular weight is 276 g/mol. The lowest BCUT2D eigenvalue weighted by Crippen LogP contribution is -2.30. The van der Waals surface area contributed by atoms with Crippen molar-refractivity contribution >= 4 is 23.0 Å². The van der Waals surface area contributed by atoms with Crippen molar-refractivity contribution in [2.75, 3.05) is 11.9 Å². The van der Waals surface area contributed by atoms with E-state index in [0.29, 0.717) is 0 Å². The summed E-state index contributed by atoms with van der Waals surface area (Å²) >= 11 is 5.30. The van der Waals surface area contributed by atoms with Crippen LogP contribution >= 0.6 is 12.2 Å². The molecule has 3 heteroatoms. The quantitative estimate of drug-likeness (QED) is 0.806. The Hall–Kier alpha value is -1.09. The van der Waals surface area contributed by atoms with Crippen LogP contribution in [0.2, 0.25) is 0 Å². The second-order valence-corrected chi connectivity index (χ2v) is 6.07. The molecule has 0 unspecified atom stereocenters. The topological polar surface area (TPSA) is 24.1 Å². The van der Waals surface area contributed by atoms with Crippen molar-refractivity contribution in [3.63, 3.8) is 0 Å². The average Bonchev–Trinajstić information content (AvgIpc) is 2.42. The Labute approximate surface area is 122 Å². The van der Waals surface area contributed by atoms with Crippen molar-refractivity contribution < 1.29 is 0 Å². The highest BCUT2D eigenvalue weighted by atomic mass is 32.1. The van der Waals surface area contributed by atoms with Crippen LogP contribution in [0, 0.1) is 11.8 Å². The smallest absolute Gasteiger partial charge is 0.170 e. The summed E-state index contributed by atoms with van der Waals surface area (Å²) in [5.41, 5.74) is 1.05. The van der Waals surface area contributed by atoms with Crippen LogP contribution in [0.3, 0.4) is 0 Å². The molecule has 2 rings (SSSR count). The second kappa shape index (κ2) is 7.49. The minimum absolute atomic E-state index is 0.732. The molecule has 0 aromatic heterocycles. The molecule has 0 radical (unpaired) electrons. The molecular formula is C16H24N2S. The number of anilines is 1. The van der Waals surface area contributed by atoms with Crippen molar-refractivity contribution in [1.82, 2.24) is 5.32 Å². The van der Waals surface area contributed by atoms with Gasteiger partial charge in [0.15, 0.2) is 5.11 Å². The van der Waals surface area contributed by atoms with Gasteiger partial charge in [-0.3, -0.25) is 0 Å². The van der Waals surface area contributed by atoms with Gasteiger partial charge in [0, 0.05) is 12.2 Å². The zero-order chi connectivity index (χ0) is 13.5. The van der Waals surface area contributed by atoms with Crippen molar-refractivity contribution in [2.45, 2.75) is 39.0 Å². The van der Waals surface area contributed by atoms with E-state index in [4.69, 9.17) is 12.2 Å². The molecule has 0 amide bonds. The van der Waals surface area contributed by atoms with E-state index in [9.17, 15) is 0 Å². The van der Waals surface area contributed by atoms with Gasteiger partial charge in [-0.2, -0.15) is 0 Å². The van der Waals surface area contributed by atoms with Crippen LogP contribution in [0.25, 0.3) is 0 Å². The van der Waals surface area contributed by atoms with Gasteiger partial charge in [-0.25, -0.2) is 0 Å². The molecule has 0 bridgehead atoms. The van der Waals surface area contributed by atoms with E-state index in [2.05, 4.69) is 17.6 Å². The number of benzene rings is 1. The summed E-state index contributed by atoms with van der Waals surface area (Å²) in [7, 11) is 0. The fraction of sp³-hybridized carbons (Fsp3) is 0.562. The van der Waals surface area contributed by atoms with Gasteiger partial charge >= 0.3 is 0 Å². The van der Waals surface area contributed by atoms with E-state index in [1.807, 2.05) is 30.3 Å². The van der Waals surface area contributed by atoms with Crippen molar-refractivity contribution in [3.8, 4) is 0 Å². The van der Waals surface area contributed by atoms with E-state index >= 15 is 0 Å². The molecule has 0 saturated heterocycles. The van der Waals surface area contributed by atoms with Gasteiger partial charge in [-0.1, -0.05) is 50.8 Å². The van der Waals surface area contributed by atoms with Gasteiger partial charge in [0.2, 0.25) is 0 Å². The third-order valence-corrected chi connectivity index (χ3v) is 4.25. The van der Waals surface area contributed by atoms with E-state index in [-0.39, 0.29) is 0 Å². The lowest BCUT2D eigenvalue weighted by molar-refractivity contribution is 0.278. The van der Waals surface area contributed by atoms with Gasteiger partial charge in [-0.05, 0) is 42.6 Å². The summed E-state index contributed by atoms with van der Waals surface area (Å²) in [6.07, 6.45) is 6.82. The second-order valence-electron chi connectivity index (χ2n) is 5.66. The van der Waals surface area contributed by atoms with Crippen LogP contribution in [0.4, 0.5) is 5.69 Å². The summed E-state index contributed by atoms with van der Waals surface area (Å²) in [4.78, 5) is 0. The highest BCUT2D eigenvalue weighted by molar-refractivity contribution is 7.80. The Morgan fingerprint density at radius 2 is 1.84 bits per heavy atom. The number of nitrogens with one attached hydrogen (secondary N) is 2. The molecular weight excluding hydrogens is 252 g/mol. The Bertz CT molecular complexity index is 383. The lowest BCUT2D eigenvalue weighted by Gasteiger charge is -2.26. The lowest BCUT2D eigenvalue weighted by atomic mass is 9.81. The van der Waals surface area contributed by atoms with Crippen LogP contribution in [-0.4, -0.2) is 11.7 Å². The molecule has 1 saturated carbocycles. The monoisotopic (exact) mass is 276 g/mol. The van der Waals surface area contributed by atoms with Crippen LogP contribution in [0.1, 0.15) is 39.0 Å². The first-order chi connectivity index (χ1) is 9.24. The Kier molecular flexibility index (Phi) is 5.64. The predicted octanol–water partition coefficient (Wildman–Crippen LogP) is 4.19. The summed E-state index contributed by atoms with van der Waals surface area (Å²) in [5, 5.41) is 7.25. The Morgan fingerprint density at radius 3 is 2.53 bits per heavy atom. The van der Waals surface area contributed by atoms with Crippen LogP contribution in [-0.2, 0) is 0 Å². The summed E-state index contributed by atoms with van der Waals surface area (Å²) in [6.45, 7) is 3.35. The maximum absolute atomic E-state index is 5.30. The third-order valence-electron chi connectivity index (χ3n) is 4.01. The third kappa shape index (κ3) is 5.19. The van der Waals surface area contributed by atoms with Crippen LogP contribution < -0.4 is 10.6 Å². The first kappa shape index (κ1) is 14.3. The van der Waals surface area contributed by atoms with E-state index in [0.717, 1.165) is 29.2 Å². The molecule has 1 aliphatic carbocycles. The first-order valence-corrected chi connectivity index (χ1v) is 7.75. The maximum Gasteiger partial charge on any atom is 0.170 e. The minimum atomic E-state index is 0.732. The maximum atomic E-state index is 5.30. The number of para-hydroxylation sites is 1. The van der Waals surface area contributed by atoms with Crippen molar-refractivity contribution in [2.24, 2.45) is 11.8 Å². The minimum Gasteiger partial charge on any atom is -0.362 e. The van der Waals surface area contributed by atoms with Gasteiger partial charge in [0.1, 0.15) is 0 Å². The SMILES string of the molecule is CC1CCC(CCNC(=S)Nc2ccccc2)CC1. The molecule has 0 spiro atoms. The number of hydrogen-bond acceptors (Lipinski definition) is 1. The Morgan fingerprint density at radius 1 is 1.16 bits per heavy atom. The largest absolute Gasteiger partial charge is 0.362 e. The van der Waals surface area contributed by atoms with Gasteiger partial charge in [0.25, 0.3) is 0 Å². The van der Waals surface area contributed by atoms with Crippen LogP contribution in [0.5, 0.6) is 0 Å². The van der Waals surface area contributed by atoms with Crippen molar-refractivity contribution in [3.05, 3.63) is 30.3 Å². The highest BCUT2D eigenvalue weighted by Gasteiger charge is 2.17. The summed E-state index contributed by atoms with van der Waals surface area (Å²) in [5.74, 6) is 1.83. The predicted molar refractivity (Wildman–Crippen MR) is 86.4 cm³/mol. The molecule has 1 aliphatic rings. The standard InChI is InChI=1S/C16H24N2S/c1-13-7-9-14(10-8-13)11-12-17-16(19)18-15-5-3-2-4-6-15/h2-6,13-14H,7-12H2,1H3,(H2,17,18,19). The normalized spacial score (nSPS) is 22.8. The zero-order valence-electron chi connectivity index (χ0n) is 11.7. The number of hydrogen-bond donors (Lipinski definition) is 2. The zero-order valence-corrected chi connectivity index (χ0v) is 12.5. The molecule has 1 aromatic rings. The molecule has 0 atom stereocenters. The van der Waals surface area contributed by atoms with E-state index < -0.39 is 0 Å². The molecule has 2 N–H and O–H groups in total. The van der Waals surface area contributed by atoms with Gasteiger partial charge in [0.05, 0.1) is 0 Å². The van der Waals surface area contributed by atoms with Gasteiger partial charge < -0.3 is 10.6 Å². The molecule has 104 valence electrons. The molecule has 1 aromatic carbocycles. The molecule has 0 heterocycles. The molecule has 1 fully saturated rings.